The number of nitrogens with one attached hydrogen (secondary N) is 1. The molecular formula is C24H22N2O. The lowest BCUT2D eigenvalue weighted by molar-refractivity contribution is -0.112. The van der Waals surface area contributed by atoms with Gasteiger partial charge in [-0.1, -0.05) is 67.9 Å². The number of hydrogen-bond acceptors (Lipinski definition) is 2. The van der Waals surface area contributed by atoms with Crippen molar-refractivity contribution in [2.75, 3.05) is 5.32 Å². The summed E-state index contributed by atoms with van der Waals surface area (Å²) >= 11 is 0. The first-order valence-electron chi connectivity index (χ1n) is 9.21. The van der Waals surface area contributed by atoms with Gasteiger partial charge < -0.3 is 5.32 Å². The van der Waals surface area contributed by atoms with Crippen molar-refractivity contribution >= 4 is 28.4 Å². The predicted molar refractivity (Wildman–Crippen MR) is 111 cm³/mol. The van der Waals surface area contributed by atoms with Crippen LogP contribution in [-0.2, 0) is 11.2 Å². The Bertz CT molecular complexity index is 1010. The zero-order chi connectivity index (χ0) is 19.1. The zero-order valence-electron chi connectivity index (χ0n) is 15.4. The smallest absolute Gasteiger partial charge is 0.266 e. The second-order valence-electron chi connectivity index (χ2n) is 6.49. The second kappa shape index (κ2) is 8.82. The molecule has 0 saturated heterocycles. The molecule has 0 radical (unpaired) electrons. The minimum Gasteiger partial charge on any atom is -0.321 e. The summed E-state index contributed by atoms with van der Waals surface area (Å²) in [4.78, 5) is 12.5. The van der Waals surface area contributed by atoms with Crippen LogP contribution in [-0.4, -0.2) is 5.91 Å². The third kappa shape index (κ3) is 4.62. The Balaban J connectivity index is 1.80. The molecule has 0 saturated carbocycles. The number of nitriles is 1. The number of carbonyl (C=O) groups excluding carboxylic acids is 1. The first kappa shape index (κ1) is 18.4. The van der Waals surface area contributed by atoms with Gasteiger partial charge in [0.15, 0.2) is 0 Å². The summed E-state index contributed by atoms with van der Waals surface area (Å²) in [5.41, 5.74) is 2.89. The number of unbranched alkanes of at least 4 members (excludes halogenated alkanes) is 1. The number of fused-ring (bicyclic) bond motifs is 1. The van der Waals surface area contributed by atoms with E-state index in [4.69, 9.17) is 0 Å². The number of nitrogens with zero attached hydrogens (tertiary/aromatic N) is 1. The molecular weight excluding hydrogens is 332 g/mol. The number of carbonyl (C=O) groups is 1. The van der Waals surface area contributed by atoms with Crippen molar-refractivity contribution in [1.29, 1.82) is 5.26 Å². The van der Waals surface area contributed by atoms with Gasteiger partial charge in [0, 0.05) is 5.69 Å². The summed E-state index contributed by atoms with van der Waals surface area (Å²) in [6.45, 7) is 2.17. The van der Waals surface area contributed by atoms with Crippen molar-refractivity contribution in [3.63, 3.8) is 0 Å². The zero-order valence-corrected chi connectivity index (χ0v) is 15.4. The number of aryl methyl sites for hydroxylation is 1. The molecule has 3 nitrogen and oxygen atoms in total. The fourth-order valence-corrected chi connectivity index (χ4v) is 3.01. The van der Waals surface area contributed by atoms with E-state index in [0.717, 1.165) is 35.6 Å². The summed E-state index contributed by atoms with van der Waals surface area (Å²) in [5.74, 6) is -0.397. The summed E-state index contributed by atoms with van der Waals surface area (Å²) in [6.07, 6.45) is 4.99. The van der Waals surface area contributed by atoms with Gasteiger partial charge in [-0.05, 0) is 52.9 Å². The summed E-state index contributed by atoms with van der Waals surface area (Å²) in [7, 11) is 0. The molecule has 1 N–H and O–H groups in total. The molecule has 0 aliphatic rings. The number of rotatable bonds is 6. The summed E-state index contributed by atoms with van der Waals surface area (Å²) < 4.78 is 0. The molecule has 0 atom stereocenters. The van der Waals surface area contributed by atoms with Crippen molar-refractivity contribution < 1.29 is 4.79 Å². The fraction of sp³-hybridized carbons (Fsp3) is 0.167. The van der Waals surface area contributed by atoms with Gasteiger partial charge in [0.05, 0.1) is 0 Å². The Hall–Kier alpha value is -3.38. The molecule has 3 aromatic rings. The molecule has 3 aromatic carbocycles. The normalized spacial score (nSPS) is 11.2. The first-order chi connectivity index (χ1) is 13.2. The van der Waals surface area contributed by atoms with Crippen LogP contribution in [0, 0.1) is 11.3 Å². The van der Waals surface area contributed by atoms with Crippen molar-refractivity contribution in [2.24, 2.45) is 0 Å². The highest BCUT2D eigenvalue weighted by atomic mass is 16.1. The van der Waals surface area contributed by atoms with Crippen LogP contribution in [0.25, 0.3) is 16.8 Å². The van der Waals surface area contributed by atoms with Gasteiger partial charge in [0.2, 0.25) is 0 Å². The molecule has 0 aromatic heterocycles. The first-order valence-corrected chi connectivity index (χ1v) is 9.21. The van der Waals surface area contributed by atoms with E-state index >= 15 is 0 Å². The quantitative estimate of drug-likeness (QED) is 0.454. The number of hydrogen-bond donors (Lipinski definition) is 1. The van der Waals surface area contributed by atoms with Crippen LogP contribution < -0.4 is 5.32 Å². The molecule has 0 aliphatic heterocycles. The van der Waals surface area contributed by atoms with E-state index in [-0.39, 0.29) is 5.57 Å². The SMILES string of the molecule is CCCCc1ccc(NC(=O)/C(C#N)=C/c2cccc3ccccc23)cc1. The monoisotopic (exact) mass is 354 g/mol. The van der Waals surface area contributed by atoms with Crippen LogP contribution in [0.3, 0.4) is 0 Å². The Kier molecular flexibility index (Phi) is 6.02. The average Bonchev–Trinajstić information content (AvgIpc) is 2.71. The average molecular weight is 354 g/mol. The van der Waals surface area contributed by atoms with Crippen LogP contribution in [0.4, 0.5) is 5.69 Å². The Morgan fingerprint density at radius 3 is 2.52 bits per heavy atom. The highest BCUT2D eigenvalue weighted by Crippen LogP contribution is 2.21. The Labute approximate surface area is 160 Å². The fourth-order valence-electron chi connectivity index (χ4n) is 3.01. The van der Waals surface area contributed by atoms with E-state index < -0.39 is 5.91 Å². The molecule has 0 fully saturated rings. The molecule has 0 bridgehead atoms. The molecule has 0 aliphatic carbocycles. The lowest BCUT2D eigenvalue weighted by atomic mass is 10.0. The molecule has 3 rings (SSSR count). The van der Waals surface area contributed by atoms with Crippen LogP contribution >= 0.6 is 0 Å². The number of benzene rings is 3. The molecule has 134 valence electrons. The molecule has 27 heavy (non-hydrogen) atoms. The second-order valence-corrected chi connectivity index (χ2v) is 6.49. The Morgan fingerprint density at radius 1 is 1.04 bits per heavy atom. The topological polar surface area (TPSA) is 52.9 Å². The van der Waals surface area contributed by atoms with Gasteiger partial charge >= 0.3 is 0 Å². The number of anilines is 1. The Morgan fingerprint density at radius 2 is 1.78 bits per heavy atom. The minimum atomic E-state index is -0.397. The largest absolute Gasteiger partial charge is 0.321 e. The highest BCUT2D eigenvalue weighted by molar-refractivity contribution is 6.10. The highest BCUT2D eigenvalue weighted by Gasteiger charge is 2.10. The maximum Gasteiger partial charge on any atom is 0.266 e. The minimum absolute atomic E-state index is 0.0846. The van der Waals surface area contributed by atoms with Gasteiger partial charge in [0.25, 0.3) is 5.91 Å². The van der Waals surface area contributed by atoms with E-state index in [2.05, 4.69) is 12.2 Å². The van der Waals surface area contributed by atoms with Crippen LogP contribution in [0.2, 0.25) is 0 Å². The number of amides is 1. The lowest BCUT2D eigenvalue weighted by Crippen LogP contribution is -2.13. The summed E-state index contributed by atoms with van der Waals surface area (Å²) in [6, 6.07) is 23.6. The third-order valence-electron chi connectivity index (χ3n) is 4.52. The van der Waals surface area contributed by atoms with Crippen LogP contribution in [0.5, 0.6) is 0 Å². The van der Waals surface area contributed by atoms with E-state index in [1.807, 2.05) is 72.8 Å². The summed E-state index contributed by atoms with van der Waals surface area (Å²) in [5, 5.41) is 14.4. The lowest BCUT2D eigenvalue weighted by Gasteiger charge is -2.07. The van der Waals surface area contributed by atoms with Crippen LogP contribution in [0.1, 0.15) is 30.9 Å². The van der Waals surface area contributed by atoms with Crippen molar-refractivity contribution in [3.05, 3.63) is 83.4 Å². The van der Waals surface area contributed by atoms with Gasteiger partial charge in [-0.15, -0.1) is 0 Å². The van der Waals surface area contributed by atoms with Gasteiger partial charge in [0.1, 0.15) is 11.6 Å². The van der Waals surface area contributed by atoms with Gasteiger partial charge in [-0.2, -0.15) is 5.26 Å². The van der Waals surface area contributed by atoms with Gasteiger partial charge in [-0.25, -0.2) is 0 Å². The van der Waals surface area contributed by atoms with Crippen molar-refractivity contribution in [1.82, 2.24) is 0 Å². The van der Waals surface area contributed by atoms with Crippen molar-refractivity contribution in [3.8, 4) is 6.07 Å². The molecule has 0 unspecified atom stereocenters. The standard InChI is InChI=1S/C24H22N2O/c1-2-3-7-18-12-14-22(15-13-18)26-24(27)21(17-25)16-20-10-6-9-19-8-4-5-11-23(19)20/h4-6,8-16H,2-3,7H2,1H3,(H,26,27)/b21-16+. The van der Waals surface area contributed by atoms with Gasteiger partial charge in [-0.3, -0.25) is 4.79 Å². The molecule has 0 spiro atoms. The molecule has 0 heterocycles. The van der Waals surface area contributed by atoms with E-state index in [1.54, 1.807) is 6.08 Å². The van der Waals surface area contributed by atoms with E-state index in [0.29, 0.717) is 5.69 Å². The molecule has 1 amide bonds. The van der Waals surface area contributed by atoms with Crippen LogP contribution in [0.15, 0.2) is 72.3 Å². The maximum atomic E-state index is 12.5. The third-order valence-corrected chi connectivity index (χ3v) is 4.52. The molecule has 3 heteroatoms. The maximum absolute atomic E-state index is 12.5. The van der Waals surface area contributed by atoms with E-state index in [1.165, 1.54) is 5.56 Å². The predicted octanol–water partition coefficient (Wildman–Crippen LogP) is 5.73. The van der Waals surface area contributed by atoms with Crippen molar-refractivity contribution in [2.45, 2.75) is 26.2 Å². The van der Waals surface area contributed by atoms with E-state index in [9.17, 15) is 10.1 Å².